The molecule has 2 heterocycles. The van der Waals surface area contributed by atoms with Gasteiger partial charge in [-0.2, -0.15) is 4.72 Å². The van der Waals surface area contributed by atoms with Gasteiger partial charge >= 0.3 is 5.97 Å². The number of carbonyl (C=O) groups is 2. The molecule has 1 amide bonds. The van der Waals surface area contributed by atoms with Gasteiger partial charge in [-0.15, -0.1) is 0 Å². The molecule has 1 aromatic carbocycles. The lowest BCUT2D eigenvalue weighted by Crippen LogP contribution is -2.48. The van der Waals surface area contributed by atoms with Crippen LogP contribution in [-0.2, 0) is 21.4 Å². The number of carbonyl (C=O) groups excluding carboxylic acids is 1. The van der Waals surface area contributed by atoms with E-state index in [1.807, 2.05) is 0 Å². The third-order valence-electron chi connectivity index (χ3n) is 4.78. The molecule has 1 atom stereocenters. The average Bonchev–Trinajstić information content (AvgIpc) is 2.80. The number of pyridine rings is 2. The number of carboxylic acids is 1. The topological polar surface area (TPSA) is 198 Å². The highest BCUT2D eigenvalue weighted by Crippen LogP contribution is 2.09. The zero-order valence-electron chi connectivity index (χ0n) is 17.8. The third kappa shape index (κ3) is 6.24. The second-order valence-corrected chi connectivity index (χ2v) is 9.07. The second-order valence-electron chi connectivity index (χ2n) is 7.36. The molecular formula is C21H24N6O6S. The van der Waals surface area contributed by atoms with E-state index in [9.17, 15) is 27.9 Å². The molecule has 0 spiro atoms. The average molecular weight is 489 g/mol. The van der Waals surface area contributed by atoms with Crippen molar-refractivity contribution < 1.29 is 23.1 Å². The fraction of sp³-hybridized carbons (Fsp3) is 0.190. The summed E-state index contributed by atoms with van der Waals surface area (Å²) in [6.07, 6.45) is 0.860. The van der Waals surface area contributed by atoms with Gasteiger partial charge in [0.1, 0.15) is 12.3 Å². The molecule has 34 heavy (non-hydrogen) atoms. The molecule has 12 nitrogen and oxygen atoms in total. The molecule has 180 valence electrons. The Hall–Kier alpha value is -3.62. The molecule has 3 aromatic rings. The van der Waals surface area contributed by atoms with Gasteiger partial charge in [0.2, 0.25) is 10.0 Å². The van der Waals surface area contributed by atoms with E-state index in [4.69, 9.17) is 11.5 Å². The number of nitrogens with one attached hydrogen (secondary N) is 3. The fourth-order valence-electron chi connectivity index (χ4n) is 3.07. The molecule has 0 saturated heterocycles. The lowest BCUT2D eigenvalue weighted by Gasteiger charge is -2.16. The summed E-state index contributed by atoms with van der Waals surface area (Å²) < 4.78 is 28.2. The lowest BCUT2D eigenvalue weighted by molar-refractivity contribution is -0.138. The van der Waals surface area contributed by atoms with Crippen molar-refractivity contribution in [3.63, 3.8) is 0 Å². The summed E-state index contributed by atoms with van der Waals surface area (Å²) >= 11 is 0. The van der Waals surface area contributed by atoms with E-state index < -0.39 is 46.3 Å². The molecule has 3 rings (SSSR count). The molecule has 0 aliphatic carbocycles. The van der Waals surface area contributed by atoms with Crippen LogP contribution < -0.4 is 32.4 Å². The quantitative estimate of drug-likeness (QED) is 0.189. The monoisotopic (exact) mass is 488 g/mol. The number of hydrogen-bond acceptors (Lipinski definition) is 8. The Balaban J connectivity index is 1.73. The van der Waals surface area contributed by atoms with E-state index >= 15 is 0 Å². The smallest absolute Gasteiger partial charge is 0.323 e. The van der Waals surface area contributed by atoms with Crippen LogP contribution in [0, 0.1) is 0 Å². The summed E-state index contributed by atoms with van der Waals surface area (Å²) in [6.45, 7) is -0.207. The van der Waals surface area contributed by atoms with Crippen molar-refractivity contribution in [2.75, 3.05) is 6.54 Å². The summed E-state index contributed by atoms with van der Waals surface area (Å²) in [6, 6.07) is 11.5. The van der Waals surface area contributed by atoms with Crippen LogP contribution in [0.15, 0.2) is 70.5 Å². The summed E-state index contributed by atoms with van der Waals surface area (Å²) in [5.74, 6) is -2.21. The van der Waals surface area contributed by atoms with Crippen molar-refractivity contribution in [2.45, 2.75) is 23.8 Å². The van der Waals surface area contributed by atoms with Gasteiger partial charge in [-0.05, 0) is 29.8 Å². The molecule has 0 aliphatic rings. The van der Waals surface area contributed by atoms with E-state index in [0.717, 1.165) is 11.6 Å². The van der Waals surface area contributed by atoms with E-state index in [2.05, 4.69) is 15.4 Å². The van der Waals surface area contributed by atoms with Crippen LogP contribution in [0.3, 0.4) is 0 Å². The highest BCUT2D eigenvalue weighted by molar-refractivity contribution is 7.89. The number of nitrogens with two attached hydrogens (primary N) is 2. The number of benzene rings is 1. The van der Waals surface area contributed by atoms with Crippen molar-refractivity contribution in [1.82, 2.24) is 19.8 Å². The van der Waals surface area contributed by atoms with Crippen LogP contribution in [-0.4, -0.2) is 48.7 Å². The Morgan fingerprint density at radius 2 is 1.76 bits per heavy atom. The van der Waals surface area contributed by atoms with Crippen LogP contribution in [0.5, 0.6) is 0 Å². The van der Waals surface area contributed by atoms with Gasteiger partial charge in [-0.1, -0.05) is 24.3 Å². The molecule has 0 radical (unpaired) electrons. The fourth-order valence-corrected chi connectivity index (χ4v) is 4.28. The zero-order chi connectivity index (χ0) is 24.9. The van der Waals surface area contributed by atoms with Gasteiger partial charge in [0.25, 0.3) is 11.5 Å². The SMILES string of the molecule is NC(N)NCc1ccc2cc(C(=O)NC[C@H](NS(=O)(=O)c3ccccc3)C(=O)O)cc(=O)n2c1. The molecule has 8 N–H and O–H groups in total. The summed E-state index contributed by atoms with van der Waals surface area (Å²) in [5, 5.41) is 14.6. The van der Waals surface area contributed by atoms with Gasteiger partial charge in [0.15, 0.2) is 0 Å². The summed E-state index contributed by atoms with van der Waals surface area (Å²) in [7, 11) is -4.12. The molecule has 0 unspecified atom stereocenters. The number of fused-ring (bicyclic) bond motifs is 1. The minimum Gasteiger partial charge on any atom is -0.480 e. The number of hydrogen-bond donors (Lipinski definition) is 6. The number of amides is 1. The van der Waals surface area contributed by atoms with Crippen LogP contribution >= 0.6 is 0 Å². The predicted octanol–water partition coefficient (Wildman–Crippen LogP) is -1.25. The molecule has 0 fully saturated rings. The Kier molecular flexibility index (Phi) is 7.75. The first kappa shape index (κ1) is 25.0. The van der Waals surface area contributed by atoms with E-state index in [1.54, 1.807) is 24.4 Å². The van der Waals surface area contributed by atoms with Crippen LogP contribution in [0.4, 0.5) is 0 Å². The standard InChI is InChI=1S/C21H24N6O6S/c22-21(23)25-10-13-6-7-15-8-14(9-18(28)27(15)12-13)19(29)24-11-17(20(30)31)26-34(32,33)16-4-2-1-3-5-16/h1-9,12,17,21,25-26H,10-11,22-23H2,(H,24,29)(H,30,31)/t17-/m0/s1. The summed E-state index contributed by atoms with van der Waals surface area (Å²) in [5.41, 5.74) is 11.6. The maximum atomic E-state index is 12.6. The first-order valence-electron chi connectivity index (χ1n) is 10.0. The van der Waals surface area contributed by atoms with E-state index in [1.165, 1.54) is 34.7 Å². The van der Waals surface area contributed by atoms with E-state index in [-0.39, 0.29) is 10.5 Å². The molecule has 0 saturated carbocycles. The second kappa shape index (κ2) is 10.5. The van der Waals surface area contributed by atoms with Gasteiger partial charge in [-0.3, -0.25) is 24.1 Å². The Labute approximate surface area is 194 Å². The zero-order valence-corrected chi connectivity index (χ0v) is 18.7. The van der Waals surface area contributed by atoms with Crippen LogP contribution in [0.25, 0.3) is 5.52 Å². The number of rotatable bonds is 10. The van der Waals surface area contributed by atoms with Crippen molar-refractivity contribution in [2.24, 2.45) is 11.5 Å². The van der Waals surface area contributed by atoms with Gasteiger partial charge in [-0.25, -0.2) is 8.42 Å². The van der Waals surface area contributed by atoms with Crippen LogP contribution in [0.1, 0.15) is 15.9 Å². The van der Waals surface area contributed by atoms with Crippen LogP contribution in [0.2, 0.25) is 0 Å². The van der Waals surface area contributed by atoms with Gasteiger partial charge in [0, 0.05) is 36.4 Å². The number of nitrogens with zero attached hydrogens (tertiary/aromatic N) is 1. The third-order valence-corrected chi connectivity index (χ3v) is 6.27. The maximum absolute atomic E-state index is 12.6. The number of aromatic nitrogens is 1. The molecule has 0 bridgehead atoms. The largest absolute Gasteiger partial charge is 0.480 e. The first-order chi connectivity index (χ1) is 16.1. The van der Waals surface area contributed by atoms with Crippen molar-refractivity contribution in [3.8, 4) is 0 Å². The maximum Gasteiger partial charge on any atom is 0.323 e. The molecular weight excluding hydrogens is 464 g/mol. The molecule has 0 aliphatic heterocycles. The summed E-state index contributed by atoms with van der Waals surface area (Å²) in [4.78, 5) is 36.5. The highest BCUT2D eigenvalue weighted by atomic mass is 32.2. The van der Waals surface area contributed by atoms with Gasteiger partial charge in [0.05, 0.1) is 4.90 Å². The molecule has 2 aromatic heterocycles. The Morgan fingerprint density at radius 3 is 2.41 bits per heavy atom. The van der Waals surface area contributed by atoms with Crippen molar-refractivity contribution in [1.29, 1.82) is 0 Å². The minimum absolute atomic E-state index is 0.00471. The van der Waals surface area contributed by atoms with Crippen molar-refractivity contribution >= 4 is 27.4 Å². The van der Waals surface area contributed by atoms with Gasteiger partial charge < -0.3 is 21.9 Å². The minimum atomic E-state index is -4.12. The van der Waals surface area contributed by atoms with Crippen molar-refractivity contribution in [3.05, 3.63) is 82.3 Å². The normalized spacial score (nSPS) is 12.6. The number of carboxylic acid groups (broad SMARTS) is 1. The van der Waals surface area contributed by atoms with E-state index in [0.29, 0.717) is 12.1 Å². The Morgan fingerprint density at radius 1 is 1.06 bits per heavy atom. The number of aliphatic carboxylic acids is 1. The number of sulfonamides is 1. The first-order valence-corrected chi connectivity index (χ1v) is 11.5. The Bertz CT molecular complexity index is 1360. The lowest BCUT2D eigenvalue weighted by atomic mass is 10.2. The highest BCUT2D eigenvalue weighted by Gasteiger charge is 2.26. The molecule has 13 heteroatoms. The predicted molar refractivity (Wildman–Crippen MR) is 123 cm³/mol.